The van der Waals surface area contributed by atoms with E-state index in [1.165, 1.54) is 23.1 Å². The number of oxazole rings is 1. The van der Waals surface area contributed by atoms with E-state index in [1.54, 1.807) is 49.4 Å². The minimum atomic E-state index is -5.02. The Morgan fingerprint density at radius 3 is 2.23 bits per heavy atom. The van der Waals surface area contributed by atoms with E-state index in [0.717, 1.165) is 5.56 Å². The fraction of sp³-hybridized carbons (Fsp3) is 0.263. The monoisotopic (exact) mass is 720 g/mol. The largest absolute Gasteiger partial charge is 0.439 e. The van der Waals surface area contributed by atoms with Gasteiger partial charge in [0.15, 0.2) is 11.3 Å². The number of alkyl halides is 6. The van der Waals surface area contributed by atoms with Gasteiger partial charge in [-0.3, -0.25) is 9.69 Å². The van der Waals surface area contributed by atoms with E-state index >= 15 is 0 Å². The first-order valence-corrected chi connectivity index (χ1v) is 16.0. The minimum absolute atomic E-state index is 0.0267. The van der Waals surface area contributed by atoms with Gasteiger partial charge in [-0.25, -0.2) is 14.6 Å². The summed E-state index contributed by atoms with van der Waals surface area (Å²) in [6.07, 6.45) is -10.8. The molecule has 8 nitrogen and oxygen atoms in total. The lowest BCUT2D eigenvalue weighted by atomic mass is 9.95. The highest BCUT2D eigenvalue weighted by atomic mass is 19.4. The van der Waals surface area contributed by atoms with Crippen LogP contribution in [-0.2, 0) is 23.6 Å². The number of hydrogen-bond donors (Lipinski definition) is 1. The Morgan fingerprint density at radius 2 is 1.62 bits per heavy atom. The second-order valence-electron chi connectivity index (χ2n) is 13.1. The number of aromatic nitrogens is 1. The summed E-state index contributed by atoms with van der Waals surface area (Å²) in [5.74, 6) is -0.0366. The van der Waals surface area contributed by atoms with Crippen molar-refractivity contribution in [2.24, 2.45) is 0 Å². The first-order chi connectivity index (χ1) is 24.4. The molecule has 0 bridgehead atoms. The number of carbonyl (C=O) groups excluding carboxylic acids is 2. The summed E-state index contributed by atoms with van der Waals surface area (Å²) in [4.78, 5) is 35.3. The highest BCUT2D eigenvalue weighted by Gasteiger charge is 2.42. The highest BCUT2D eigenvalue weighted by molar-refractivity contribution is 5.94. The van der Waals surface area contributed by atoms with E-state index in [4.69, 9.17) is 15.7 Å². The molecule has 1 saturated heterocycles. The first-order valence-electron chi connectivity index (χ1n) is 16.0. The number of rotatable bonds is 8. The number of benzene rings is 4. The average molecular weight is 721 g/mol. The maximum Gasteiger partial charge on any atom is 0.416 e. The van der Waals surface area contributed by atoms with Gasteiger partial charge in [-0.1, -0.05) is 38.1 Å². The summed E-state index contributed by atoms with van der Waals surface area (Å²) in [5.41, 5.74) is -0.659. The highest BCUT2D eigenvalue weighted by Crippen LogP contribution is 2.40. The molecule has 0 aliphatic carbocycles. The van der Waals surface area contributed by atoms with Crippen LogP contribution in [0.4, 0.5) is 36.8 Å². The normalized spacial score (nSPS) is 16.3. The lowest BCUT2D eigenvalue weighted by molar-refractivity contribution is -0.143. The summed E-state index contributed by atoms with van der Waals surface area (Å²) in [6, 6.07) is 17.2. The minimum Gasteiger partial charge on any atom is -0.439 e. The van der Waals surface area contributed by atoms with E-state index in [-0.39, 0.29) is 42.7 Å². The molecular weight excluding hydrogens is 690 g/mol. The third kappa shape index (κ3) is 7.44. The lowest BCUT2D eigenvalue weighted by Gasteiger charge is -2.23. The lowest BCUT2D eigenvalue weighted by Crippen LogP contribution is -2.43. The topological polar surface area (TPSA) is 89.0 Å². The number of nitrogens with zero attached hydrogens (tertiary/aromatic N) is 3. The molecule has 1 aliphatic heterocycles. The van der Waals surface area contributed by atoms with Crippen LogP contribution in [0.1, 0.15) is 59.3 Å². The molecule has 4 aromatic carbocycles. The van der Waals surface area contributed by atoms with E-state index in [0.29, 0.717) is 51.5 Å². The fourth-order valence-corrected chi connectivity index (χ4v) is 6.04. The number of halogens is 6. The van der Waals surface area contributed by atoms with Gasteiger partial charge < -0.3 is 14.5 Å². The Morgan fingerprint density at radius 1 is 0.962 bits per heavy atom. The third-order valence-corrected chi connectivity index (χ3v) is 8.67. The van der Waals surface area contributed by atoms with Crippen LogP contribution in [0.25, 0.3) is 38.5 Å². The van der Waals surface area contributed by atoms with E-state index in [1.807, 2.05) is 13.8 Å². The van der Waals surface area contributed by atoms with Crippen LogP contribution in [0.15, 0.2) is 83.3 Å². The second-order valence-corrected chi connectivity index (χ2v) is 13.1. The van der Waals surface area contributed by atoms with Gasteiger partial charge in [0.05, 0.1) is 36.3 Å². The van der Waals surface area contributed by atoms with Crippen LogP contribution in [0, 0.1) is 6.57 Å². The quantitative estimate of drug-likeness (QED) is 0.127. The van der Waals surface area contributed by atoms with Crippen LogP contribution in [0.2, 0.25) is 0 Å². The predicted molar refractivity (Wildman–Crippen MR) is 179 cm³/mol. The molecular formula is C38H30F6N4O4. The summed E-state index contributed by atoms with van der Waals surface area (Å²) < 4.78 is 93.0. The summed E-state index contributed by atoms with van der Waals surface area (Å²) >= 11 is 0. The van der Waals surface area contributed by atoms with Crippen molar-refractivity contribution < 1.29 is 45.1 Å². The summed E-state index contributed by atoms with van der Waals surface area (Å²) in [7, 11) is 0. The van der Waals surface area contributed by atoms with Crippen molar-refractivity contribution in [2.75, 3.05) is 13.1 Å². The van der Waals surface area contributed by atoms with E-state index < -0.39 is 41.1 Å². The molecule has 52 heavy (non-hydrogen) atoms. The van der Waals surface area contributed by atoms with Gasteiger partial charge in [0.2, 0.25) is 5.89 Å². The molecule has 2 amide bonds. The molecule has 0 saturated carbocycles. The molecule has 268 valence electrons. The zero-order chi connectivity index (χ0) is 37.6. The fourth-order valence-electron chi connectivity index (χ4n) is 6.04. The smallest absolute Gasteiger partial charge is 0.416 e. The summed E-state index contributed by atoms with van der Waals surface area (Å²) in [6.45, 7) is 12.7. The number of ether oxygens (including phenoxy) is 1. The molecule has 2 heterocycles. The molecule has 14 heteroatoms. The second kappa shape index (κ2) is 13.4. The van der Waals surface area contributed by atoms with Crippen LogP contribution in [0.5, 0.6) is 0 Å². The Hall–Kier alpha value is -5.84. The third-order valence-electron chi connectivity index (χ3n) is 8.67. The van der Waals surface area contributed by atoms with Crippen LogP contribution in [-0.4, -0.2) is 40.6 Å². The SMILES string of the molecule is [C-]#[N+]c1cc(C(C)C)c2oc(-c3ccc(C(=O)NCC4(C)CN(Cc5ccccc5-c5cc(C(F)(F)F)cc(C(F)(F)F)c5)C(=O)O4)cc3)nc2c1. The molecule has 5 aromatic rings. The van der Waals surface area contributed by atoms with Gasteiger partial charge in [-0.15, -0.1) is 0 Å². The molecule has 6 rings (SSSR count). The van der Waals surface area contributed by atoms with Crippen molar-refractivity contribution in [2.45, 2.75) is 51.2 Å². The summed E-state index contributed by atoms with van der Waals surface area (Å²) in [5, 5.41) is 2.75. The number of amides is 2. The maximum absolute atomic E-state index is 13.6. The van der Waals surface area contributed by atoms with Gasteiger partial charge in [-0.05, 0) is 89.7 Å². The van der Waals surface area contributed by atoms with Crippen LogP contribution in [0.3, 0.4) is 0 Å². The van der Waals surface area contributed by atoms with Gasteiger partial charge >= 0.3 is 18.4 Å². The number of hydrogen-bond acceptors (Lipinski definition) is 5. The zero-order valence-corrected chi connectivity index (χ0v) is 27.9. The molecule has 1 aliphatic rings. The van der Waals surface area contributed by atoms with Crippen molar-refractivity contribution in [3.8, 4) is 22.6 Å². The molecule has 0 radical (unpaired) electrons. The Labute approximate surface area is 293 Å². The maximum atomic E-state index is 13.6. The van der Waals surface area contributed by atoms with Crippen LogP contribution < -0.4 is 5.32 Å². The predicted octanol–water partition coefficient (Wildman–Crippen LogP) is 10.0. The van der Waals surface area contributed by atoms with Crippen molar-refractivity contribution in [1.82, 2.24) is 15.2 Å². The molecule has 1 unspecified atom stereocenters. The zero-order valence-electron chi connectivity index (χ0n) is 27.9. The molecule has 1 aromatic heterocycles. The number of cyclic esters (lactones) is 1. The Kier molecular flexibility index (Phi) is 9.25. The average Bonchev–Trinajstić information content (AvgIpc) is 3.65. The van der Waals surface area contributed by atoms with Gasteiger partial charge in [0.25, 0.3) is 5.91 Å². The molecule has 1 atom stereocenters. The standard InChI is InChI=1S/C38H30F6N4O4/c1-21(2)30-16-28(45-4)17-31-32(30)51-34(47-31)23-11-9-22(10-12-23)33(49)46-19-36(3)20-48(35(50)52-36)18-24-7-5-6-8-29(24)25-13-26(37(39,40)41)15-27(14-25)38(42,43)44/h5-17,21H,18-20H2,1-3H3,(H,46,49). The first kappa shape index (κ1) is 36.0. The van der Waals surface area contributed by atoms with Gasteiger partial charge in [0.1, 0.15) is 5.60 Å². The van der Waals surface area contributed by atoms with Gasteiger partial charge in [-0.2, -0.15) is 26.3 Å². The number of carbonyl (C=O) groups is 2. The van der Waals surface area contributed by atoms with Crippen molar-refractivity contribution in [3.05, 3.63) is 118 Å². The van der Waals surface area contributed by atoms with Crippen molar-refractivity contribution >= 4 is 28.8 Å². The number of nitrogens with one attached hydrogen (secondary N) is 1. The Balaban J connectivity index is 1.14. The number of fused-ring (bicyclic) bond motifs is 1. The molecule has 1 fully saturated rings. The Bertz CT molecular complexity index is 2190. The van der Waals surface area contributed by atoms with Crippen molar-refractivity contribution in [3.63, 3.8) is 0 Å². The van der Waals surface area contributed by atoms with E-state index in [2.05, 4.69) is 15.1 Å². The molecule has 1 N–H and O–H groups in total. The van der Waals surface area contributed by atoms with E-state index in [9.17, 15) is 35.9 Å². The van der Waals surface area contributed by atoms with Crippen LogP contribution >= 0.6 is 0 Å². The van der Waals surface area contributed by atoms with Gasteiger partial charge in [0, 0.05) is 17.7 Å². The van der Waals surface area contributed by atoms with Crippen molar-refractivity contribution in [1.29, 1.82) is 0 Å². The molecule has 0 spiro atoms.